The summed E-state index contributed by atoms with van der Waals surface area (Å²) in [5.74, 6) is -0.342. The second kappa shape index (κ2) is 4.81. The van der Waals surface area contributed by atoms with Gasteiger partial charge in [0, 0.05) is 6.54 Å². The van der Waals surface area contributed by atoms with E-state index < -0.39 is 0 Å². The largest absolute Gasteiger partial charge is 0.508 e. The fourth-order valence-electron chi connectivity index (χ4n) is 2.40. The predicted octanol–water partition coefficient (Wildman–Crippen LogP) is 2.23. The topological polar surface area (TPSA) is 57.6 Å². The molecule has 20 heavy (non-hydrogen) atoms. The molecular weight excluding hydrogens is 254 g/mol. The number of carbonyl (C=O) groups excluding carboxylic acids is 2. The van der Waals surface area contributed by atoms with Crippen molar-refractivity contribution in [3.63, 3.8) is 0 Å². The van der Waals surface area contributed by atoms with Crippen molar-refractivity contribution in [3.05, 3.63) is 65.2 Å². The van der Waals surface area contributed by atoms with Crippen LogP contribution in [0.3, 0.4) is 0 Å². The molecule has 0 bridgehead atoms. The zero-order valence-corrected chi connectivity index (χ0v) is 10.7. The van der Waals surface area contributed by atoms with Crippen molar-refractivity contribution in [1.29, 1.82) is 0 Å². The Bertz CT molecular complexity index is 659. The minimum absolute atomic E-state index is 0.184. The molecule has 1 N–H and O–H groups in total. The summed E-state index contributed by atoms with van der Waals surface area (Å²) in [6, 6.07) is 13.8. The molecule has 1 heterocycles. The van der Waals surface area contributed by atoms with Crippen molar-refractivity contribution >= 4 is 11.8 Å². The quantitative estimate of drug-likeness (QED) is 0.868. The first-order valence-corrected chi connectivity index (χ1v) is 6.40. The maximum absolute atomic E-state index is 12.2. The standard InChI is InChI=1S/C16H13NO3/c18-14-8-4-1-5-11(14)9-10-17-15(19)12-6-2-3-7-13(12)16(17)20/h1-8,18H,9-10H2. The van der Waals surface area contributed by atoms with Crippen molar-refractivity contribution in [2.75, 3.05) is 6.54 Å². The maximum atomic E-state index is 12.2. The second-order valence-electron chi connectivity index (χ2n) is 4.69. The lowest BCUT2D eigenvalue weighted by atomic mass is 10.1. The molecule has 0 aromatic heterocycles. The fourth-order valence-corrected chi connectivity index (χ4v) is 2.40. The van der Waals surface area contributed by atoms with E-state index in [4.69, 9.17) is 0 Å². The Hall–Kier alpha value is -2.62. The first kappa shape index (κ1) is 12.4. The van der Waals surface area contributed by atoms with Gasteiger partial charge in [-0.25, -0.2) is 0 Å². The molecule has 2 aromatic carbocycles. The summed E-state index contributed by atoms with van der Waals surface area (Å²) in [7, 11) is 0. The van der Waals surface area contributed by atoms with Crippen LogP contribution in [-0.4, -0.2) is 28.4 Å². The molecule has 3 rings (SSSR count). The maximum Gasteiger partial charge on any atom is 0.261 e. The van der Waals surface area contributed by atoms with Gasteiger partial charge in [-0.05, 0) is 30.2 Å². The third-order valence-electron chi connectivity index (χ3n) is 3.47. The van der Waals surface area contributed by atoms with Crippen LogP contribution in [0.15, 0.2) is 48.5 Å². The van der Waals surface area contributed by atoms with Gasteiger partial charge < -0.3 is 5.11 Å². The molecule has 2 aromatic rings. The third kappa shape index (κ3) is 1.95. The molecule has 0 saturated heterocycles. The Balaban J connectivity index is 1.79. The van der Waals surface area contributed by atoms with Crippen LogP contribution in [0.2, 0.25) is 0 Å². The average Bonchev–Trinajstić information content (AvgIpc) is 2.71. The van der Waals surface area contributed by atoms with Crippen LogP contribution < -0.4 is 0 Å². The molecule has 0 saturated carbocycles. The fraction of sp³-hybridized carbons (Fsp3) is 0.125. The summed E-state index contributed by atoms with van der Waals surface area (Å²) in [6.45, 7) is 0.268. The lowest BCUT2D eigenvalue weighted by Crippen LogP contribution is -2.31. The van der Waals surface area contributed by atoms with Gasteiger partial charge >= 0.3 is 0 Å². The minimum Gasteiger partial charge on any atom is -0.508 e. The lowest BCUT2D eigenvalue weighted by Gasteiger charge is -2.14. The number of imide groups is 1. The third-order valence-corrected chi connectivity index (χ3v) is 3.47. The van der Waals surface area contributed by atoms with E-state index >= 15 is 0 Å². The number of para-hydroxylation sites is 1. The summed E-state index contributed by atoms with van der Waals surface area (Å²) < 4.78 is 0. The molecule has 0 fully saturated rings. The number of fused-ring (bicyclic) bond motifs is 1. The molecule has 4 nitrogen and oxygen atoms in total. The number of nitrogens with zero attached hydrogens (tertiary/aromatic N) is 1. The van der Waals surface area contributed by atoms with Crippen LogP contribution in [0.5, 0.6) is 5.75 Å². The summed E-state index contributed by atoms with van der Waals surface area (Å²) in [6.07, 6.45) is 0.443. The monoisotopic (exact) mass is 267 g/mol. The highest BCUT2D eigenvalue weighted by molar-refractivity contribution is 6.21. The Kier molecular flexibility index (Phi) is 2.99. The predicted molar refractivity (Wildman–Crippen MR) is 73.6 cm³/mol. The van der Waals surface area contributed by atoms with Crippen LogP contribution >= 0.6 is 0 Å². The molecule has 0 atom stereocenters. The van der Waals surface area contributed by atoms with E-state index in [2.05, 4.69) is 0 Å². The molecule has 100 valence electrons. The first-order valence-electron chi connectivity index (χ1n) is 6.40. The summed E-state index contributed by atoms with van der Waals surface area (Å²) in [4.78, 5) is 25.5. The minimum atomic E-state index is -0.263. The SMILES string of the molecule is O=C1c2ccccc2C(=O)N1CCc1ccccc1O. The van der Waals surface area contributed by atoms with Gasteiger partial charge in [0.15, 0.2) is 0 Å². The van der Waals surface area contributed by atoms with E-state index in [-0.39, 0.29) is 24.1 Å². The van der Waals surface area contributed by atoms with E-state index in [0.717, 1.165) is 5.56 Å². The number of benzene rings is 2. The van der Waals surface area contributed by atoms with Crippen molar-refractivity contribution in [2.45, 2.75) is 6.42 Å². The van der Waals surface area contributed by atoms with E-state index in [1.807, 2.05) is 6.07 Å². The van der Waals surface area contributed by atoms with Gasteiger partial charge in [-0.3, -0.25) is 14.5 Å². The second-order valence-corrected chi connectivity index (χ2v) is 4.69. The molecule has 1 aliphatic rings. The van der Waals surface area contributed by atoms with Gasteiger partial charge in [-0.1, -0.05) is 30.3 Å². The zero-order valence-electron chi connectivity index (χ0n) is 10.7. The Morgan fingerprint density at radius 2 is 1.40 bits per heavy atom. The van der Waals surface area contributed by atoms with Crippen LogP contribution in [0.1, 0.15) is 26.3 Å². The molecule has 2 amide bonds. The number of amides is 2. The normalized spacial score (nSPS) is 13.7. The van der Waals surface area contributed by atoms with Gasteiger partial charge in [0.1, 0.15) is 5.75 Å². The molecule has 0 radical (unpaired) electrons. The number of aromatic hydroxyl groups is 1. The first-order chi connectivity index (χ1) is 9.68. The number of phenolic OH excluding ortho intramolecular Hbond substituents is 1. The van der Waals surface area contributed by atoms with Crippen molar-refractivity contribution in [2.24, 2.45) is 0 Å². The van der Waals surface area contributed by atoms with Crippen molar-refractivity contribution in [1.82, 2.24) is 4.90 Å². The van der Waals surface area contributed by atoms with Gasteiger partial charge in [-0.15, -0.1) is 0 Å². The average molecular weight is 267 g/mol. The van der Waals surface area contributed by atoms with E-state index in [0.29, 0.717) is 17.5 Å². The van der Waals surface area contributed by atoms with Gasteiger partial charge in [0.2, 0.25) is 0 Å². The number of carbonyl (C=O) groups is 2. The van der Waals surface area contributed by atoms with Crippen LogP contribution in [-0.2, 0) is 6.42 Å². The van der Waals surface area contributed by atoms with Gasteiger partial charge in [0.05, 0.1) is 11.1 Å². The highest BCUT2D eigenvalue weighted by Gasteiger charge is 2.34. The number of phenols is 1. The summed E-state index contributed by atoms with van der Waals surface area (Å²) in [5.41, 5.74) is 1.63. The molecule has 1 aliphatic heterocycles. The molecule has 0 unspecified atom stereocenters. The Morgan fingerprint density at radius 3 is 2.00 bits per heavy atom. The van der Waals surface area contributed by atoms with Crippen LogP contribution in [0.25, 0.3) is 0 Å². The zero-order chi connectivity index (χ0) is 14.1. The van der Waals surface area contributed by atoms with Gasteiger partial charge in [-0.2, -0.15) is 0 Å². The van der Waals surface area contributed by atoms with Gasteiger partial charge in [0.25, 0.3) is 11.8 Å². The molecule has 0 spiro atoms. The number of rotatable bonds is 3. The number of hydrogen-bond donors (Lipinski definition) is 1. The summed E-state index contributed by atoms with van der Waals surface area (Å²) in [5, 5.41) is 9.70. The summed E-state index contributed by atoms with van der Waals surface area (Å²) >= 11 is 0. The smallest absolute Gasteiger partial charge is 0.261 e. The van der Waals surface area contributed by atoms with Crippen molar-refractivity contribution < 1.29 is 14.7 Å². The lowest BCUT2D eigenvalue weighted by molar-refractivity contribution is 0.0656. The molecule has 0 aliphatic carbocycles. The molecule has 4 heteroatoms. The van der Waals surface area contributed by atoms with E-state index in [1.54, 1.807) is 42.5 Å². The van der Waals surface area contributed by atoms with Crippen LogP contribution in [0.4, 0.5) is 0 Å². The number of hydrogen-bond acceptors (Lipinski definition) is 3. The van der Waals surface area contributed by atoms with Crippen LogP contribution in [0, 0.1) is 0 Å². The molecular formula is C16H13NO3. The highest BCUT2D eigenvalue weighted by Crippen LogP contribution is 2.23. The Labute approximate surface area is 116 Å². The van der Waals surface area contributed by atoms with E-state index in [9.17, 15) is 14.7 Å². The Morgan fingerprint density at radius 1 is 0.850 bits per heavy atom. The van der Waals surface area contributed by atoms with Crippen molar-refractivity contribution in [3.8, 4) is 5.75 Å². The highest BCUT2D eigenvalue weighted by atomic mass is 16.3. The van der Waals surface area contributed by atoms with E-state index in [1.165, 1.54) is 4.90 Å².